The Morgan fingerprint density at radius 3 is 2.69 bits per heavy atom. The van der Waals surface area contributed by atoms with Crippen molar-refractivity contribution in [2.75, 3.05) is 17.1 Å². The maximum atomic E-state index is 6.28. The van der Waals surface area contributed by atoms with Crippen LogP contribution in [0, 0.1) is 12.8 Å². The number of ether oxygens (including phenoxy) is 1. The SMILES string of the molecule is Cc1cc(N2C=CC(C3CC3)N2)ccc1OCc1c(C2CC2)cccc1N(C)N. The summed E-state index contributed by atoms with van der Waals surface area (Å²) in [4.78, 5) is 0. The molecule has 2 fully saturated rings. The van der Waals surface area contributed by atoms with E-state index < -0.39 is 0 Å². The molecule has 2 aromatic rings. The van der Waals surface area contributed by atoms with Gasteiger partial charge in [-0.05, 0) is 85.9 Å². The number of nitrogens with two attached hydrogens (primary N) is 1. The Morgan fingerprint density at radius 1 is 1.17 bits per heavy atom. The lowest BCUT2D eigenvalue weighted by molar-refractivity contribution is 0.303. The Balaban J connectivity index is 1.31. The molecule has 2 aromatic carbocycles. The van der Waals surface area contributed by atoms with Crippen molar-refractivity contribution in [2.24, 2.45) is 11.8 Å². The van der Waals surface area contributed by atoms with Gasteiger partial charge in [-0.15, -0.1) is 0 Å². The second kappa shape index (κ2) is 7.39. The zero-order valence-corrected chi connectivity index (χ0v) is 17.3. The number of hydrogen-bond acceptors (Lipinski definition) is 5. The Kier molecular flexibility index (Phi) is 4.72. The molecule has 5 nitrogen and oxygen atoms in total. The number of nitrogens with one attached hydrogen (secondary N) is 1. The average Bonchev–Trinajstić information content (AvgIpc) is 3.65. The Hall–Kier alpha value is -2.50. The smallest absolute Gasteiger partial charge is 0.122 e. The van der Waals surface area contributed by atoms with Gasteiger partial charge in [0.1, 0.15) is 12.4 Å². The monoisotopic (exact) mass is 390 g/mol. The molecule has 2 aliphatic carbocycles. The topological polar surface area (TPSA) is 53.8 Å². The van der Waals surface area contributed by atoms with Crippen molar-refractivity contribution in [3.63, 3.8) is 0 Å². The summed E-state index contributed by atoms with van der Waals surface area (Å²) in [5, 5.41) is 3.83. The maximum absolute atomic E-state index is 6.28. The van der Waals surface area contributed by atoms with Gasteiger partial charge in [0.2, 0.25) is 0 Å². The molecule has 1 unspecified atom stereocenters. The normalized spacial score (nSPS) is 20.9. The lowest BCUT2D eigenvalue weighted by atomic mass is 10.0. The van der Waals surface area contributed by atoms with Gasteiger partial charge >= 0.3 is 0 Å². The molecule has 0 radical (unpaired) electrons. The number of hydrogen-bond donors (Lipinski definition) is 2. The lowest BCUT2D eigenvalue weighted by Crippen LogP contribution is -2.36. The zero-order valence-electron chi connectivity index (χ0n) is 17.3. The van der Waals surface area contributed by atoms with Crippen molar-refractivity contribution in [2.45, 2.75) is 51.2 Å². The van der Waals surface area contributed by atoms with Crippen molar-refractivity contribution in [1.82, 2.24) is 5.43 Å². The van der Waals surface area contributed by atoms with Gasteiger partial charge in [0.15, 0.2) is 0 Å². The molecule has 5 heteroatoms. The summed E-state index contributed by atoms with van der Waals surface area (Å²) >= 11 is 0. The third-order valence-electron chi connectivity index (χ3n) is 6.25. The molecule has 0 amide bonds. The fourth-order valence-corrected chi connectivity index (χ4v) is 4.26. The Labute approximate surface area is 173 Å². The summed E-state index contributed by atoms with van der Waals surface area (Å²) in [6, 6.07) is 13.3. The van der Waals surface area contributed by atoms with E-state index in [1.165, 1.54) is 36.8 Å². The standard InChI is InChI=1S/C24H30N4O/c1-16-14-19(28-13-12-22(26-28)18-8-9-18)10-11-24(16)29-15-21-20(17-6-7-17)4-3-5-23(21)27(2)25/h3-5,10-14,17-18,22,26H,6-9,15,25H2,1-2H3. The Bertz CT molecular complexity index is 910. The van der Waals surface area contributed by atoms with Crippen LogP contribution in [0.25, 0.3) is 0 Å². The highest BCUT2D eigenvalue weighted by Gasteiger charge is 2.33. The van der Waals surface area contributed by atoms with Crippen molar-refractivity contribution >= 4 is 11.4 Å². The Morgan fingerprint density at radius 2 is 2.00 bits per heavy atom. The van der Waals surface area contributed by atoms with Crippen molar-refractivity contribution in [3.05, 3.63) is 65.4 Å². The minimum absolute atomic E-state index is 0.483. The van der Waals surface area contributed by atoms with Crippen LogP contribution in [0.5, 0.6) is 5.75 Å². The van der Waals surface area contributed by atoms with E-state index in [-0.39, 0.29) is 0 Å². The van der Waals surface area contributed by atoms with Crippen molar-refractivity contribution < 1.29 is 4.74 Å². The highest BCUT2D eigenvalue weighted by Crippen LogP contribution is 2.44. The van der Waals surface area contributed by atoms with E-state index in [1.54, 1.807) is 5.01 Å². The van der Waals surface area contributed by atoms with Crippen LogP contribution >= 0.6 is 0 Å². The minimum Gasteiger partial charge on any atom is -0.489 e. The van der Waals surface area contributed by atoms with Crippen LogP contribution in [0.15, 0.2) is 48.7 Å². The molecular weight excluding hydrogens is 360 g/mol. The van der Waals surface area contributed by atoms with E-state index in [9.17, 15) is 0 Å². The average molecular weight is 391 g/mol. The highest BCUT2D eigenvalue weighted by atomic mass is 16.5. The van der Waals surface area contributed by atoms with Crippen LogP contribution in [0.1, 0.15) is 48.3 Å². The van der Waals surface area contributed by atoms with Gasteiger partial charge in [-0.25, -0.2) is 11.3 Å². The number of rotatable bonds is 7. The van der Waals surface area contributed by atoms with Crippen molar-refractivity contribution in [3.8, 4) is 5.75 Å². The van der Waals surface area contributed by atoms with Crippen LogP contribution in [0.3, 0.4) is 0 Å². The van der Waals surface area contributed by atoms with Crippen LogP contribution < -0.4 is 26.0 Å². The number of benzene rings is 2. The minimum atomic E-state index is 0.483. The summed E-state index contributed by atoms with van der Waals surface area (Å²) in [7, 11) is 1.89. The van der Waals surface area contributed by atoms with Gasteiger partial charge in [-0.2, -0.15) is 0 Å². The molecule has 1 atom stereocenters. The van der Waals surface area contributed by atoms with Gasteiger partial charge < -0.3 is 9.75 Å². The quantitative estimate of drug-likeness (QED) is 0.543. The molecule has 3 aliphatic rings. The van der Waals surface area contributed by atoms with Gasteiger partial charge in [-0.1, -0.05) is 12.1 Å². The first-order valence-electron chi connectivity index (χ1n) is 10.7. The molecule has 0 aromatic heterocycles. The number of hydrazine groups is 2. The van der Waals surface area contributed by atoms with Crippen LogP contribution in [-0.2, 0) is 6.61 Å². The fraction of sp³-hybridized carbons (Fsp3) is 0.417. The lowest BCUT2D eigenvalue weighted by Gasteiger charge is -2.22. The number of nitrogens with zero attached hydrogens (tertiary/aromatic N) is 2. The summed E-state index contributed by atoms with van der Waals surface area (Å²) in [5.74, 6) is 8.47. The highest BCUT2D eigenvalue weighted by molar-refractivity contribution is 5.58. The van der Waals surface area contributed by atoms with Gasteiger partial charge in [-0.3, -0.25) is 5.01 Å². The number of aryl methyl sites for hydroxylation is 1. The molecule has 1 heterocycles. The summed E-state index contributed by atoms with van der Waals surface area (Å²) in [6.45, 7) is 2.65. The molecule has 0 spiro atoms. The van der Waals surface area contributed by atoms with E-state index in [0.717, 1.165) is 28.6 Å². The third kappa shape index (κ3) is 3.85. The summed E-state index contributed by atoms with van der Waals surface area (Å²) in [5.41, 5.74) is 9.50. The molecule has 1 aliphatic heterocycles. The van der Waals surface area contributed by atoms with Gasteiger partial charge in [0.25, 0.3) is 0 Å². The molecular formula is C24H30N4O. The molecule has 5 rings (SSSR count). The molecule has 0 saturated heterocycles. The molecule has 3 N–H and O–H groups in total. The second-order valence-corrected chi connectivity index (χ2v) is 8.67. The zero-order chi connectivity index (χ0) is 20.0. The molecule has 0 bridgehead atoms. The molecule has 29 heavy (non-hydrogen) atoms. The summed E-state index contributed by atoms with van der Waals surface area (Å²) < 4.78 is 6.28. The van der Waals surface area contributed by atoms with Gasteiger partial charge in [0, 0.05) is 24.9 Å². The van der Waals surface area contributed by atoms with Crippen LogP contribution in [-0.4, -0.2) is 13.1 Å². The predicted molar refractivity (Wildman–Crippen MR) is 118 cm³/mol. The van der Waals surface area contributed by atoms with E-state index in [1.807, 2.05) is 7.05 Å². The third-order valence-corrected chi connectivity index (χ3v) is 6.25. The van der Waals surface area contributed by atoms with Gasteiger partial charge in [0.05, 0.1) is 11.4 Å². The van der Waals surface area contributed by atoms with E-state index in [2.05, 4.69) is 66.0 Å². The van der Waals surface area contributed by atoms with E-state index in [0.29, 0.717) is 18.6 Å². The maximum Gasteiger partial charge on any atom is 0.122 e. The predicted octanol–water partition coefficient (Wildman–Crippen LogP) is 4.38. The van der Waals surface area contributed by atoms with E-state index >= 15 is 0 Å². The summed E-state index contributed by atoms with van der Waals surface area (Å²) in [6.07, 6.45) is 9.62. The fourth-order valence-electron chi connectivity index (χ4n) is 4.26. The van der Waals surface area contributed by atoms with Crippen LogP contribution in [0.4, 0.5) is 11.4 Å². The first-order chi connectivity index (χ1) is 14.1. The molecule has 2 saturated carbocycles. The first-order valence-corrected chi connectivity index (χ1v) is 10.7. The van der Waals surface area contributed by atoms with Crippen molar-refractivity contribution in [1.29, 1.82) is 0 Å². The first kappa shape index (κ1) is 18.5. The largest absolute Gasteiger partial charge is 0.489 e. The molecule has 152 valence electrons. The number of anilines is 2. The second-order valence-electron chi connectivity index (χ2n) is 8.67. The van der Waals surface area contributed by atoms with Crippen LogP contribution in [0.2, 0.25) is 0 Å². The van der Waals surface area contributed by atoms with E-state index in [4.69, 9.17) is 10.6 Å².